The van der Waals surface area contributed by atoms with Gasteiger partial charge in [0.05, 0.1) is 4.90 Å². The van der Waals surface area contributed by atoms with Gasteiger partial charge in [0.15, 0.2) is 6.61 Å². The minimum atomic E-state index is -4.34. The van der Waals surface area contributed by atoms with Gasteiger partial charge in [-0.2, -0.15) is 0 Å². The van der Waals surface area contributed by atoms with E-state index in [0.717, 1.165) is 21.6 Å². The van der Waals surface area contributed by atoms with E-state index >= 15 is 0 Å². The maximum absolute atomic E-state index is 14.6. The number of aryl methyl sites for hydroxylation is 1. The molecule has 3 heterocycles. The lowest BCUT2D eigenvalue weighted by Crippen LogP contribution is -2.59. The fourth-order valence-electron chi connectivity index (χ4n) is 7.20. The third kappa shape index (κ3) is 12.5. The molecule has 0 spiro atoms. The number of ether oxygens (including phenoxy) is 1. The summed E-state index contributed by atoms with van der Waals surface area (Å²) in [6.45, 7) is -0.438. The maximum Gasteiger partial charge on any atom is 0.264 e. The van der Waals surface area contributed by atoms with Crippen molar-refractivity contribution < 1.29 is 37.1 Å². The number of benzene rings is 5. The lowest BCUT2D eigenvalue weighted by molar-refractivity contribution is -0.134. The molecule has 15 heteroatoms. The zero-order valence-corrected chi connectivity index (χ0v) is 36.3. The lowest BCUT2D eigenvalue weighted by Gasteiger charge is -2.27. The Kier molecular flexibility index (Phi) is 15.0. The Hall–Kier alpha value is -7.10. The van der Waals surface area contributed by atoms with Gasteiger partial charge in [0.1, 0.15) is 29.9 Å². The van der Waals surface area contributed by atoms with Crippen LogP contribution in [0.15, 0.2) is 162 Å². The minimum Gasteiger partial charge on any atom is -0.484 e. The first-order chi connectivity index (χ1) is 31.0. The normalized spacial score (nSPS) is 18.8. The van der Waals surface area contributed by atoms with E-state index in [1.165, 1.54) is 35.6 Å². The number of carbonyl (C=O) groups is 5. The summed E-state index contributed by atoms with van der Waals surface area (Å²) in [6, 6.07) is 39.0. The first-order valence-corrected chi connectivity index (χ1v) is 23.1. The molecule has 0 radical (unpaired) electrons. The number of rotatable bonds is 11. The molecular formula is C49H47N5O8S2. The fourth-order valence-corrected chi connectivity index (χ4v) is 9.00. The Bertz CT molecular complexity index is 2630. The number of amides is 5. The van der Waals surface area contributed by atoms with Crippen molar-refractivity contribution in [2.45, 2.75) is 61.2 Å². The van der Waals surface area contributed by atoms with Gasteiger partial charge < -0.3 is 26.0 Å². The second-order valence-electron chi connectivity index (χ2n) is 15.3. The van der Waals surface area contributed by atoms with Crippen LogP contribution in [-0.2, 0) is 59.7 Å². The molecule has 0 saturated heterocycles. The monoisotopic (exact) mass is 897 g/mol. The molecule has 5 aromatic carbocycles. The molecule has 1 aromatic heterocycles. The molecule has 5 N–H and O–H groups in total. The van der Waals surface area contributed by atoms with E-state index < -0.39 is 70.3 Å². The molecular weight excluding hydrogens is 851 g/mol. The van der Waals surface area contributed by atoms with Crippen molar-refractivity contribution in [1.29, 1.82) is 0 Å². The van der Waals surface area contributed by atoms with Gasteiger partial charge >= 0.3 is 0 Å². The third-order valence-corrected chi connectivity index (χ3v) is 12.9. The van der Waals surface area contributed by atoms with Crippen LogP contribution in [0, 0.1) is 0 Å². The summed E-state index contributed by atoms with van der Waals surface area (Å²) >= 11 is 1.41. The van der Waals surface area contributed by atoms with Crippen LogP contribution >= 0.6 is 11.3 Å². The lowest BCUT2D eigenvalue weighted by atomic mass is 9.99. The molecule has 0 fully saturated rings. The van der Waals surface area contributed by atoms with Crippen LogP contribution in [0.2, 0.25) is 0 Å². The molecule has 5 amide bonds. The molecule has 6 aromatic rings. The van der Waals surface area contributed by atoms with E-state index in [2.05, 4.69) is 26.0 Å². The van der Waals surface area contributed by atoms with E-state index in [-0.39, 0.29) is 30.6 Å². The van der Waals surface area contributed by atoms with Gasteiger partial charge in [0, 0.05) is 24.1 Å². The average Bonchev–Trinajstić information content (AvgIpc) is 3.83. The molecule has 0 aliphatic carbocycles. The standard InChI is InChI=1S/C49H47N5O8S2/c55-45-32-62-38-25-20-35(21-26-38)30-43(49(59)54-64(60,61)40-16-8-3-9-17-40)53-46(56)41(27-22-33-11-4-1-5-12-33)51-47(57)42(52-48(58)44(50-45)31-39-15-10-28-63-39)29-34-18-23-37(24-19-34)36-13-6-2-7-14-36/h1-21,23-26,28,41-44H,22,27,29-32H2,(H,50,55)(H,51,57)(H,52,58)(H,53,56)(H,54,59)/t41-,42+,43-,44-/m0/s1. The molecule has 328 valence electrons. The molecule has 0 unspecified atom stereocenters. The van der Waals surface area contributed by atoms with E-state index in [1.54, 1.807) is 30.3 Å². The van der Waals surface area contributed by atoms with Crippen molar-refractivity contribution in [2.24, 2.45) is 0 Å². The first-order valence-electron chi connectivity index (χ1n) is 20.7. The van der Waals surface area contributed by atoms with Gasteiger partial charge in [-0.25, -0.2) is 13.1 Å². The number of hydrogen-bond donors (Lipinski definition) is 5. The van der Waals surface area contributed by atoms with Crippen LogP contribution in [0.3, 0.4) is 0 Å². The van der Waals surface area contributed by atoms with Gasteiger partial charge in [-0.3, -0.25) is 24.0 Å². The summed E-state index contributed by atoms with van der Waals surface area (Å²) in [5.74, 6) is -3.36. The van der Waals surface area contributed by atoms with E-state index in [1.807, 2.05) is 102 Å². The summed E-state index contributed by atoms with van der Waals surface area (Å²) in [4.78, 5) is 71.4. The molecule has 2 aliphatic heterocycles. The number of hydrogen-bond acceptors (Lipinski definition) is 9. The van der Waals surface area contributed by atoms with Gasteiger partial charge in [-0.15, -0.1) is 11.3 Å². The SMILES string of the molecule is O=C1COc2ccc(cc2)C[C@@H](C(=O)NS(=O)(=O)c2ccccc2)NC(=O)[C@H](CCc2ccccc2)NC(=O)[C@@H](Cc2ccc(-c3ccccc3)cc2)NC(=O)[C@H](Cc2cccs2)N1. The number of fused-ring (bicyclic) bond motifs is 16. The summed E-state index contributed by atoms with van der Waals surface area (Å²) in [5, 5.41) is 13.1. The molecule has 2 aliphatic rings. The van der Waals surface area contributed by atoms with Crippen molar-refractivity contribution in [2.75, 3.05) is 6.61 Å². The van der Waals surface area contributed by atoms with Gasteiger partial charge in [0.25, 0.3) is 21.8 Å². The van der Waals surface area contributed by atoms with Crippen LogP contribution in [0.4, 0.5) is 0 Å². The van der Waals surface area contributed by atoms with Crippen LogP contribution in [0.25, 0.3) is 11.1 Å². The average molecular weight is 898 g/mol. The van der Waals surface area contributed by atoms with Crippen molar-refractivity contribution >= 4 is 50.9 Å². The largest absolute Gasteiger partial charge is 0.484 e. The van der Waals surface area contributed by atoms with Gasteiger partial charge in [-0.05, 0) is 76.4 Å². The summed E-state index contributed by atoms with van der Waals surface area (Å²) in [7, 11) is -4.34. The van der Waals surface area contributed by atoms with Crippen molar-refractivity contribution in [3.05, 3.63) is 179 Å². The molecule has 13 nitrogen and oxygen atoms in total. The van der Waals surface area contributed by atoms with Crippen LogP contribution < -0.4 is 30.7 Å². The topological polar surface area (TPSA) is 189 Å². The highest BCUT2D eigenvalue weighted by molar-refractivity contribution is 7.90. The maximum atomic E-state index is 14.6. The highest BCUT2D eigenvalue weighted by Gasteiger charge is 2.33. The van der Waals surface area contributed by atoms with Crippen LogP contribution in [0.1, 0.15) is 28.0 Å². The Morgan fingerprint density at radius 2 is 1.20 bits per heavy atom. The number of sulfonamides is 1. The Labute approximate surface area is 375 Å². The van der Waals surface area contributed by atoms with E-state index in [0.29, 0.717) is 23.3 Å². The number of carbonyl (C=O) groups excluding carboxylic acids is 5. The third-order valence-electron chi connectivity index (χ3n) is 10.6. The zero-order valence-electron chi connectivity index (χ0n) is 34.6. The molecule has 64 heavy (non-hydrogen) atoms. The zero-order chi connectivity index (χ0) is 44.9. The number of nitrogens with one attached hydrogen (secondary N) is 5. The summed E-state index contributed by atoms with van der Waals surface area (Å²) in [6.07, 6.45) is 0.416. The molecule has 2 bridgehead atoms. The molecule has 8 rings (SSSR count). The van der Waals surface area contributed by atoms with Crippen LogP contribution in [-0.4, -0.2) is 68.7 Å². The fraction of sp³-hybridized carbons (Fsp3) is 0.204. The van der Waals surface area contributed by atoms with Gasteiger partial charge in [0.2, 0.25) is 17.7 Å². The summed E-state index contributed by atoms with van der Waals surface area (Å²) < 4.78 is 34.5. The predicted octanol–water partition coefficient (Wildman–Crippen LogP) is 4.91. The highest BCUT2D eigenvalue weighted by Crippen LogP contribution is 2.21. The van der Waals surface area contributed by atoms with E-state index in [4.69, 9.17) is 4.74 Å². The van der Waals surface area contributed by atoms with E-state index in [9.17, 15) is 32.4 Å². The quantitative estimate of drug-likeness (QED) is 0.114. The predicted molar refractivity (Wildman–Crippen MR) is 244 cm³/mol. The van der Waals surface area contributed by atoms with Crippen LogP contribution in [0.5, 0.6) is 5.75 Å². The smallest absolute Gasteiger partial charge is 0.264 e. The minimum absolute atomic E-state index is 0.0127. The molecule has 0 saturated carbocycles. The second kappa shape index (κ2) is 21.3. The molecule has 4 atom stereocenters. The highest BCUT2D eigenvalue weighted by atomic mass is 32.2. The Balaban J connectivity index is 1.23. The van der Waals surface area contributed by atoms with Crippen molar-refractivity contribution in [1.82, 2.24) is 26.0 Å². The second-order valence-corrected chi connectivity index (χ2v) is 18.0. The van der Waals surface area contributed by atoms with Gasteiger partial charge in [-0.1, -0.05) is 121 Å². The Morgan fingerprint density at radius 1 is 0.609 bits per heavy atom. The first kappa shape index (κ1) is 44.9. The summed E-state index contributed by atoms with van der Waals surface area (Å²) in [5.41, 5.74) is 4.05. The Morgan fingerprint density at radius 3 is 1.86 bits per heavy atom. The van der Waals surface area contributed by atoms with Crippen molar-refractivity contribution in [3.8, 4) is 16.9 Å². The van der Waals surface area contributed by atoms with Crippen molar-refractivity contribution in [3.63, 3.8) is 0 Å². The number of thiophene rings is 1.